The Labute approximate surface area is 233 Å². The van der Waals surface area contributed by atoms with Gasteiger partial charge >= 0.3 is 6.09 Å². The molecule has 3 saturated carbocycles. The molecule has 0 bridgehead atoms. The molecule has 1 saturated heterocycles. The highest BCUT2D eigenvalue weighted by Crippen LogP contribution is 2.65. The summed E-state index contributed by atoms with van der Waals surface area (Å²) in [6.07, 6.45) is 7.90. The van der Waals surface area contributed by atoms with Gasteiger partial charge in [0.15, 0.2) is 0 Å². The van der Waals surface area contributed by atoms with Crippen molar-refractivity contribution in [2.24, 2.45) is 28.6 Å². The number of amides is 2. The third-order valence-corrected chi connectivity index (χ3v) is 11.8. The predicted octanol–water partition coefficient (Wildman–Crippen LogP) is 6.91. The van der Waals surface area contributed by atoms with Crippen LogP contribution in [-0.4, -0.2) is 36.1 Å². The van der Waals surface area contributed by atoms with Gasteiger partial charge in [0, 0.05) is 24.9 Å². The largest absolute Gasteiger partial charge is 0.446 e. The summed E-state index contributed by atoms with van der Waals surface area (Å²) in [5.74, 6) is 2.19. The smallest absolute Gasteiger partial charge is 0.408 e. The molecule has 1 heterocycles. The molecule has 208 valence electrons. The van der Waals surface area contributed by atoms with Crippen LogP contribution in [0.1, 0.15) is 83.3 Å². The first-order valence-electron chi connectivity index (χ1n) is 15.0. The molecule has 2 aromatic rings. The Morgan fingerprint density at radius 3 is 2.13 bits per heavy atom. The summed E-state index contributed by atoms with van der Waals surface area (Å²) in [7, 11) is 2.02. The third kappa shape index (κ3) is 4.19. The lowest BCUT2D eigenvalue weighted by molar-refractivity contribution is -0.159. The number of nitrogens with zero attached hydrogens (tertiary/aromatic N) is 1. The molecule has 3 aliphatic carbocycles. The molecule has 0 radical (unpaired) electrons. The number of carbonyl (C=O) groups is 2. The summed E-state index contributed by atoms with van der Waals surface area (Å²) in [5.41, 5.74) is 1.59. The number of hydrogen-bond acceptors (Lipinski definition) is 3. The summed E-state index contributed by atoms with van der Waals surface area (Å²) >= 11 is 0. The number of likely N-dealkylation sites (tertiary alicyclic amines) is 1. The molecule has 7 atom stereocenters. The van der Waals surface area contributed by atoms with E-state index in [-0.39, 0.29) is 23.0 Å². The van der Waals surface area contributed by atoms with Gasteiger partial charge in [-0.15, -0.1) is 0 Å². The van der Waals surface area contributed by atoms with Gasteiger partial charge in [-0.2, -0.15) is 0 Å². The summed E-state index contributed by atoms with van der Waals surface area (Å²) in [6, 6.07) is 20.7. The first kappa shape index (κ1) is 26.4. The fourth-order valence-electron chi connectivity index (χ4n) is 9.51. The fraction of sp³-hybridized carbons (Fsp3) is 0.588. The van der Waals surface area contributed by atoms with Crippen LogP contribution in [0.3, 0.4) is 0 Å². The normalized spacial score (nSPS) is 35.9. The van der Waals surface area contributed by atoms with Crippen molar-refractivity contribution in [3.05, 3.63) is 71.8 Å². The Bertz CT molecular complexity index is 1180. The maximum Gasteiger partial charge on any atom is 0.408 e. The minimum atomic E-state index is -0.687. The van der Waals surface area contributed by atoms with Crippen LogP contribution in [0.25, 0.3) is 0 Å². The van der Waals surface area contributed by atoms with E-state index < -0.39 is 5.54 Å². The molecule has 2 aromatic carbocycles. The lowest BCUT2D eigenvalue weighted by Gasteiger charge is -2.61. The Morgan fingerprint density at radius 2 is 1.49 bits per heavy atom. The molecule has 4 fully saturated rings. The first-order valence-corrected chi connectivity index (χ1v) is 15.0. The van der Waals surface area contributed by atoms with Gasteiger partial charge in [0.05, 0.1) is 5.54 Å². The second kappa shape index (κ2) is 9.67. The number of ether oxygens (including phenoxy) is 1. The van der Waals surface area contributed by atoms with Gasteiger partial charge in [0.1, 0.15) is 6.10 Å². The van der Waals surface area contributed by atoms with Crippen molar-refractivity contribution in [3.63, 3.8) is 0 Å². The Morgan fingerprint density at radius 1 is 0.872 bits per heavy atom. The highest BCUT2D eigenvalue weighted by Gasteiger charge is 2.62. The van der Waals surface area contributed by atoms with Crippen molar-refractivity contribution < 1.29 is 14.3 Å². The maximum absolute atomic E-state index is 13.6. The standard InChI is InChI=1S/C34H44N2O3/c1-32-22-20-30(37)36(4)28(32)17-15-25-26-16-18-29(33(26,2)21-19-27(25)32)39-31(38)35-34(3,23-11-7-5-8-12-23)24-13-9-6-10-14-24/h5-14,25-29H,15-22H2,1-4H3,(H,35,38)/t25-,26-,27-,28+,29-,32+,33-/m0/s1. The number of rotatable bonds is 4. The zero-order chi connectivity index (χ0) is 27.4. The Hall–Kier alpha value is -2.82. The predicted molar refractivity (Wildman–Crippen MR) is 153 cm³/mol. The van der Waals surface area contributed by atoms with Gasteiger partial charge in [-0.3, -0.25) is 4.79 Å². The zero-order valence-electron chi connectivity index (χ0n) is 24.0. The summed E-state index contributed by atoms with van der Waals surface area (Å²) < 4.78 is 6.36. The number of carbonyl (C=O) groups excluding carboxylic acids is 2. The highest BCUT2D eigenvalue weighted by molar-refractivity contribution is 5.77. The molecule has 0 spiro atoms. The second-order valence-corrected chi connectivity index (χ2v) is 13.5. The number of benzene rings is 2. The highest BCUT2D eigenvalue weighted by atomic mass is 16.6. The van der Waals surface area contributed by atoms with Crippen LogP contribution in [0, 0.1) is 28.6 Å². The fourth-order valence-corrected chi connectivity index (χ4v) is 9.51. The molecule has 0 aromatic heterocycles. The summed E-state index contributed by atoms with van der Waals surface area (Å²) in [6.45, 7) is 6.91. The van der Waals surface area contributed by atoms with Gasteiger partial charge < -0.3 is 15.0 Å². The summed E-state index contributed by atoms with van der Waals surface area (Å²) in [5, 5.41) is 3.28. The molecule has 5 heteroatoms. The minimum absolute atomic E-state index is 0.00792. The Kier molecular flexibility index (Phi) is 6.55. The van der Waals surface area contributed by atoms with Crippen molar-refractivity contribution in [1.82, 2.24) is 10.2 Å². The topological polar surface area (TPSA) is 58.6 Å². The first-order chi connectivity index (χ1) is 18.7. The monoisotopic (exact) mass is 528 g/mol. The number of hydrogen-bond donors (Lipinski definition) is 1. The molecule has 2 amide bonds. The average molecular weight is 529 g/mol. The van der Waals surface area contributed by atoms with Crippen LogP contribution in [-0.2, 0) is 15.1 Å². The van der Waals surface area contributed by atoms with Gasteiger partial charge in [0.25, 0.3) is 0 Å². The SMILES string of the molecule is CN1C(=O)CC[C@]2(C)[C@H]3CC[C@]4(C)[C@@H](OC(=O)NC(C)(c5ccccc5)c5ccccc5)CC[C@H]4[C@@H]3CC[C@@H]12. The molecule has 5 nitrogen and oxygen atoms in total. The number of alkyl carbamates (subject to hydrolysis) is 1. The van der Waals surface area contributed by atoms with Crippen LogP contribution in [0.4, 0.5) is 4.79 Å². The van der Waals surface area contributed by atoms with Crippen molar-refractivity contribution >= 4 is 12.0 Å². The molecule has 4 aliphatic rings. The van der Waals surface area contributed by atoms with Gasteiger partial charge in [-0.05, 0) is 86.2 Å². The van der Waals surface area contributed by atoms with Crippen LogP contribution in [0.5, 0.6) is 0 Å². The molecule has 6 rings (SSSR count). The zero-order valence-corrected chi connectivity index (χ0v) is 24.0. The molecule has 39 heavy (non-hydrogen) atoms. The van der Waals surface area contributed by atoms with Crippen molar-refractivity contribution in [1.29, 1.82) is 0 Å². The molecule has 0 unspecified atom stereocenters. The van der Waals surface area contributed by atoms with Crippen molar-refractivity contribution in [2.75, 3.05) is 7.05 Å². The van der Waals surface area contributed by atoms with Gasteiger partial charge in [-0.25, -0.2) is 4.79 Å². The van der Waals surface area contributed by atoms with E-state index in [1.54, 1.807) is 0 Å². The number of piperidine rings is 1. The van der Waals surface area contributed by atoms with E-state index in [1.807, 2.05) is 43.4 Å². The lowest BCUT2D eigenvalue weighted by atomic mass is 9.47. The van der Waals surface area contributed by atoms with Gasteiger partial charge in [-0.1, -0.05) is 74.5 Å². The lowest BCUT2D eigenvalue weighted by Crippen LogP contribution is -2.61. The van der Waals surface area contributed by atoms with E-state index in [4.69, 9.17) is 4.74 Å². The molecular weight excluding hydrogens is 484 g/mol. The van der Waals surface area contributed by atoms with Crippen LogP contribution in [0.15, 0.2) is 60.7 Å². The average Bonchev–Trinajstić information content (AvgIpc) is 3.27. The van der Waals surface area contributed by atoms with E-state index in [9.17, 15) is 9.59 Å². The van der Waals surface area contributed by atoms with Crippen LogP contribution in [0.2, 0.25) is 0 Å². The molecular formula is C34H44N2O3. The Balaban J connectivity index is 1.19. The maximum atomic E-state index is 13.6. The minimum Gasteiger partial charge on any atom is -0.446 e. The number of nitrogens with one attached hydrogen (secondary N) is 1. The quantitative estimate of drug-likeness (QED) is 0.469. The van der Waals surface area contributed by atoms with Crippen molar-refractivity contribution in [3.8, 4) is 0 Å². The van der Waals surface area contributed by atoms with E-state index in [0.717, 1.165) is 43.2 Å². The molecule has 1 aliphatic heterocycles. The van der Waals surface area contributed by atoms with E-state index in [1.165, 1.54) is 12.8 Å². The summed E-state index contributed by atoms with van der Waals surface area (Å²) in [4.78, 5) is 28.1. The molecule has 1 N–H and O–H groups in total. The number of fused-ring (bicyclic) bond motifs is 5. The van der Waals surface area contributed by atoms with E-state index >= 15 is 0 Å². The second-order valence-electron chi connectivity index (χ2n) is 13.5. The van der Waals surface area contributed by atoms with E-state index in [2.05, 4.69) is 55.3 Å². The van der Waals surface area contributed by atoms with Gasteiger partial charge in [0.2, 0.25) is 5.91 Å². The van der Waals surface area contributed by atoms with Crippen LogP contribution >= 0.6 is 0 Å². The van der Waals surface area contributed by atoms with E-state index in [0.29, 0.717) is 36.1 Å². The van der Waals surface area contributed by atoms with Crippen molar-refractivity contribution in [2.45, 2.75) is 89.8 Å². The third-order valence-electron chi connectivity index (χ3n) is 11.8. The van der Waals surface area contributed by atoms with Crippen LogP contribution < -0.4 is 5.32 Å².